The molecule has 1 N–H and O–H groups in total. The van der Waals surface area contributed by atoms with Gasteiger partial charge in [0.15, 0.2) is 12.1 Å². The van der Waals surface area contributed by atoms with Crippen LogP contribution < -0.4 is 0 Å². The van der Waals surface area contributed by atoms with Crippen molar-refractivity contribution in [3.8, 4) is 0 Å². The van der Waals surface area contributed by atoms with E-state index in [4.69, 9.17) is 18.9 Å². The molecule has 3 heterocycles. The quantitative estimate of drug-likeness (QED) is 0.761. The Bertz CT molecular complexity index is 340. The zero-order chi connectivity index (χ0) is 13.1. The smallest absolute Gasteiger partial charge is 0.164 e. The van der Waals surface area contributed by atoms with E-state index in [2.05, 4.69) is 0 Å². The Kier molecular flexibility index (Phi) is 2.78. The van der Waals surface area contributed by atoms with Crippen molar-refractivity contribution in [1.82, 2.24) is 0 Å². The van der Waals surface area contributed by atoms with Gasteiger partial charge in [-0.3, -0.25) is 0 Å². The van der Waals surface area contributed by atoms with Crippen LogP contribution in [0.25, 0.3) is 0 Å². The average molecular weight is 258 g/mol. The first-order chi connectivity index (χ1) is 8.27. The maximum atomic E-state index is 10.4. The van der Waals surface area contributed by atoms with Crippen molar-refractivity contribution in [3.63, 3.8) is 0 Å². The van der Waals surface area contributed by atoms with Crippen molar-refractivity contribution in [3.05, 3.63) is 0 Å². The Morgan fingerprint density at radius 2 is 1.83 bits per heavy atom. The normalized spacial score (nSPS) is 49.5. The van der Waals surface area contributed by atoms with Gasteiger partial charge in [0.1, 0.15) is 12.2 Å². The fourth-order valence-corrected chi connectivity index (χ4v) is 3.19. The Balaban J connectivity index is 1.68. The van der Waals surface area contributed by atoms with E-state index >= 15 is 0 Å². The molecule has 0 aromatic carbocycles. The van der Waals surface area contributed by atoms with E-state index in [9.17, 15) is 5.11 Å². The monoisotopic (exact) mass is 258 g/mol. The number of aliphatic hydroxyl groups excluding tert-OH is 1. The third kappa shape index (κ3) is 2.08. The van der Waals surface area contributed by atoms with Gasteiger partial charge in [-0.05, 0) is 34.1 Å². The predicted octanol–water partition coefficient (Wildman–Crippen LogP) is 1.04. The molecule has 0 bridgehead atoms. The minimum Gasteiger partial charge on any atom is -0.390 e. The number of aliphatic hydroxyl groups is 1. The predicted molar refractivity (Wildman–Crippen MR) is 62.8 cm³/mol. The molecule has 104 valence electrons. The molecule has 3 rings (SSSR count). The molecule has 3 saturated heterocycles. The van der Waals surface area contributed by atoms with Gasteiger partial charge >= 0.3 is 0 Å². The lowest BCUT2D eigenvalue weighted by molar-refractivity contribution is -0.199. The molecule has 0 radical (unpaired) electrons. The number of hydrogen-bond donors (Lipinski definition) is 1. The molecule has 0 saturated carbocycles. The first-order valence-electron chi connectivity index (χ1n) is 6.61. The SMILES string of the molecule is CC1(C)CC2C(O)[C@@H](C3COC(C)(C)O3)O[C@@H]2O1. The van der Waals surface area contributed by atoms with Crippen molar-refractivity contribution in [2.24, 2.45) is 5.92 Å². The van der Waals surface area contributed by atoms with Gasteiger partial charge in [0.25, 0.3) is 0 Å². The summed E-state index contributed by atoms with van der Waals surface area (Å²) in [6, 6.07) is 0. The molecule has 18 heavy (non-hydrogen) atoms. The summed E-state index contributed by atoms with van der Waals surface area (Å²) < 4.78 is 22.9. The van der Waals surface area contributed by atoms with Gasteiger partial charge < -0.3 is 24.1 Å². The highest BCUT2D eigenvalue weighted by molar-refractivity contribution is 4.99. The topological polar surface area (TPSA) is 57.2 Å². The lowest BCUT2D eigenvalue weighted by Gasteiger charge is -2.26. The fourth-order valence-electron chi connectivity index (χ4n) is 3.19. The van der Waals surface area contributed by atoms with Crippen LogP contribution in [-0.2, 0) is 18.9 Å². The Morgan fingerprint density at radius 1 is 1.11 bits per heavy atom. The molecule has 5 atom stereocenters. The second-order valence-electron chi connectivity index (χ2n) is 6.57. The third-order valence-electron chi connectivity index (χ3n) is 3.98. The molecule has 5 nitrogen and oxygen atoms in total. The summed E-state index contributed by atoms with van der Waals surface area (Å²) in [5, 5.41) is 10.4. The highest BCUT2D eigenvalue weighted by Gasteiger charge is 2.56. The van der Waals surface area contributed by atoms with Gasteiger partial charge in [-0.2, -0.15) is 0 Å². The summed E-state index contributed by atoms with van der Waals surface area (Å²) in [5.41, 5.74) is -0.215. The van der Waals surface area contributed by atoms with Crippen LogP contribution in [0, 0.1) is 5.92 Å². The highest BCUT2D eigenvalue weighted by Crippen LogP contribution is 2.45. The van der Waals surface area contributed by atoms with E-state index in [1.165, 1.54) is 0 Å². The highest BCUT2D eigenvalue weighted by atomic mass is 16.8. The van der Waals surface area contributed by atoms with Crippen molar-refractivity contribution >= 4 is 0 Å². The standard InChI is InChI=1S/C13H22O5/c1-12(2)5-7-9(14)10(16-11(7)18-12)8-6-15-13(3,4)17-8/h7-11,14H,5-6H2,1-4H3/t7?,8?,9?,10-,11-/m1/s1. The summed E-state index contributed by atoms with van der Waals surface area (Å²) in [5.74, 6) is -0.553. The van der Waals surface area contributed by atoms with E-state index in [0.29, 0.717) is 6.61 Å². The molecule has 3 aliphatic heterocycles. The van der Waals surface area contributed by atoms with Crippen molar-refractivity contribution < 1.29 is 24.1 Å². The number of fused-ring (bicyclic) bond motifs is 1. The van der Waals surface area contributed by atoms with Gasteiger partial charge in [0.2, 0.25) is 0 Å². The molecule has 0 amide bonds. The molecule has 0 aromatic heterocycles. The molecule has 0 spiro atoms. The zero-order valence-corrected chi connectivity index (χ0v) is 11.4. The summed E-state index contributed by atoms with van der Waals surface area (Å²) >= 11 is 0. The fraction of sp³-hybridized carbons (Fsp3) is 1.00. The molecular formula is C13H22O5. The van der Waals surface area contributed by atoms with Crippen molar-refractivity contribution in [2.75, 3.05) is 6.61 Å². The second-order valence-corrected chi connectivity index (χ2v) is 6.57. The lowest BCUT2D eigenvalue weighted by atomic mass is 9.91. The van der Waals surface area contributed by atoms with Crippen LogP contribution in [0.3, 0.4) is 0 Å². The van der Waals surface area contributed by atoms with E-state index in [1.54, 1.807) is 0 Å². The van der Waals surface area contributed by atoms with Crippen LogP contribution in [0.5, 0.6) is 0 Å². The zero-order valence-electron chi connectivity index (χ0n) is 11.4. The van der Waals surface area contributed by atoms with Crippen LogP contribution in [0.4, 0.5) is 0 Å². The molecule has 0 aromatic rings. The first kappa shape index (κ1) is 12.8. The number of ether oxygens (including phenoxy) is 4. The Labute approximate surface area is 107 Å². The third-order valence-corrected chi connectivity index (χ3v) is 3.98. The Morgan fingerprint density at radius 3 is 2.39 bits per heavy atom. The maximum absolute atomic E-state index is 10.4. The molecular weight excluding hydrogens is 236 g/mol. The van der Waals surface area contributed by atoms with Crippen LogP contribution in [-0.4, -0.2) is 47.7 Å². The van der Waals surface area contributed by atoms with Crippen LogP contribution >= 0.6 is 0 Å². The maximum Gasteiger partial charge on any atom is 0.164 e. The van der Waals surface area contributed by atoms with E-state index in [1.807, 2.05) is 27.7 Å². The minimum atomic E-state index is -0.592. The average Bonchev–Trinajstić information content (AvgIpc) is 2.81. The number of hydrogen-bond acceptors (Lipinski definition) is 5. The van der Waals surface area contributed by atoms with Crippen LogP contribution in [0.15, 0.2) is 0 Å². The second kappa shape index (κ2) is 3.90. The van der Waals surface area contributed by atoms with Crippen LogP contribution in [0.1, 0.15) is 34.1 Å². The molecule has 5 heteroatoms. The molecule has 3 aliphatic rings. The molecule has 3 unspecified atom stereocenters. The van der Waals surface area contributed by atoms with Crippen molar-refractivity contribution in [1.29, 1.82) is 0 Å². The van der Waals surface area contributed by atoms with E-state index < -0.39 is 11.9 Å². The Hall–Kier alpha value is -0.200. The largest absolute Gasteiger partial charge is 0.390 e. The lowest BCUT2D eigenvalue weighted by Crippen LogP contribution is -2.40. The first-order valence-corrected chi connectivity index (χ1v) is 6.61. The molecule has 3 fully saturated rings. The van der Waals surface area contributed by atoms with Gasteiger partial charge in [-0.25, -0.2) is 0 Å². The summed E-state index contributed by atoms with van der Waals surface area (Å²) in [4.78, 5) is 0. The van der Waals surface area contributed by atoms with Crippen LogP contribution in [0.2, 0.25) is 0 Å². The van der Waals surface area contributed by atoms with Crippen molar-refractivity contribution in [2.45, 2.75) is 70.1 Å². The summed E-state index contributed by atoms with van der Waals surface area (Å²) in [7, 11) is 0. The van der Waals surface area contributed by atoms with Gasteiger partial charge in [0, 0.05) is 5.92 Å². The molecule has 0 aliphatic carbocycles. The van der Waals surface area contributed by atoms with Gasteiger partial charge in [0.05, 0.1) is 18.3 Å². The number of rotatable bonds is 1. The van der Waals surface area contributed by atoms with Gasteiger partial charge in [-0.1, -0.05) is 0 Å². The van der Waals surface area contributed by atoms with E-state index in [-0.39, 0.29) is 30.0 Å². The van der Waals surface area contributed by atoms with E-state index in [0.717, 1.165) is 6.42 Å². The van der Waals surface area contributed by atoms with Gasteiger partial charge in [-0.15, -0.1) is 0 Å². The minimum absolute atomic E-state index is 0.0392. The summed E-state index contributed by atoms with van der Waals surface area (Å²) in [6.45, 7) is 8.24. The summed E-state index contributed by atoms with van der Waals surface area (Å²) in [6.07, 6.45) is -0.608.